The summed E-state index contributed by atoms with van der Waals surface area (Å²) in [5.74, 6) is -0.616. The third-order valence-electron chi connectivity index (χ3n) is 3.68. The molecule has 0 radical (unpaired) electrons. The minimum Gasteiger partial charge on any atom is -0.460 e. The van der Waals surface area contributed by atoms with Crippen molar-refractivity contribution in [2.24, 2.45) is 0 Å². The van der Waals surface area contributed by atoms with Crippen LogP contribution in [-0.4, -0.2) is 20.4 Å². The van der Waals surface area contributed by atoms with Crippen LogP contribution in [0.25, 0.3) is 0 Å². The molecular formula is C19H23NO4S. The van der Waals surface area contributed by atoms with Crippen molar-refractivity contribution in [1.29, 1.82) is 0 Å². The maximum Gasteiger partial charge on any atom is 0.324 e. The van der Waals surface area contributed by atoms with Crippen LogP contribution in [0.5, 0.6) is 0 Å². The number of carbonyl (C=O) groups is 1. The molecule has 0 aromatic heterocycles. The van der Waals surface area contributed by atoms with Gasteiger partial charge < -0.3 is 4.74 Å². The molecule has 0 fully saturated rings. The molecule has 0 saturated heterocycles. The normalized spacial score (nSPS) is 12.6. The Morgan fingerprint density at radius 2 is 1.56 bits per heavy atom. The first-order chi connectivity index (χ1) is 11.7. The standard InChI is InChI=1S/C19H23NO4S/c1-13-5-7-18(8-6-13)25(22,23)20-16(4)19(21)24-12-17-10-14(2)9-15(3)11-17/h5-11,16,20H,12H2,1-4H3/t16-/m0/s1. The second-order valence-corrected chi connectivity index (χ2v) is 7.97. The molecule has 0 aliphatic carbocycles. The zero-order valence-electron chi connectivity index (χ0n) is 14.9. The zero-order valence-corrected chi connectivity index (χ0v) is 15.7. The van der Waals surface area contributed by atoms with Crippen LogP contribution in [0.15, 0.2) is 47.4 Å². The summed E-state index contributed by atoms with van der Waals surface area (Å²) in [6, 6.07) is 11.3. The number of aryl methyl sites for hydroxylation is 3. The molecule has 0 amide bonds. The largest absolute Gasteiger partial charge is 0.460 e. The molecule has 1 N–H and O–H groups in total. The summed E-state index contributed by atoms with van der Waals surface area (Å²) in [6.07, 6.45) is 0. The number of hydrogen-bond donors (Lipinski definition) is 1. The molecule has 134 valence electrons. The fourth-order valence-corrected chi connectivity index (χ4v) is 3.69. The van der Waals surface area contributed by atoms with Gasteiger partial charge in [-0.1, -0.05) is 47.0 Å². The highest BCUT2D eigenvalue weighted by molar-refractivity contribution is 7.89. The van der Waals surface area contributed by atoms with E-state index < -0.39 is 22.0 Å². The lowest BCUT2D eigenvalue weighted by atomic mass is 10.1. The Morgan fingerprint density at radius 3 is 2.12 bits per heavy atom. The van der Waals surface area contributed by atoms with E-state index in [4.69, 9.17) is 4.74 Å². The Labute approximate surface area is 149 Å². The van der Waals surface area contributed by atoms with Crippen molar-refractivity contribution in [1.82, 2.24) is 4.72 Å². The molecule has 0 aliphatic rings. The first-order valence-electron chi connectivity index (χ1n) is 8.00. The predicted octanol–water partition coefficient (Wildman–Crippen LogP) is 3.02. The monoisotopic (exact) mass is 361 g/mol. The van der Waals surface area contributed by atoms with Crippen LogP contribution in [0.4, 0.5) is 0 Å². The first-order valence-corrected chi connectivity index (χ1v) is 9.48. The maximum atomic E-state index is 12.3. The van der Waals surface area contributed by atoms with Gasteiger partial charge in [0.2, 0.25) is 10.0 Å². The van der Waals surface area contributed by atoms with E-state index in [9.17, 15) is 13.2 Å². The summed E-state index contributed by atoms with van der Waals surface area (Å²) in [7, 11) is -3.77. The van der Waals surface area contributed by atoms with E-state index in [1.54, 1.807) is 12.1 Å². The van der Waals surface area contributed by atoms with Gasteiger partial charge in [0, 0.05) is 0 Å². The van der Waals surface area contributed by atoms with Crippen LogP contribution < -0.4 is 4.72 Å². The van der Waals surface area contributed by atoms with E-state index in [-0.39, 0.29) is 11.5 Å². The Bertz CT molecular complexity index is 837. The highest BCUT2D eigenvalue weighted by Gasteiger charge is 2.23. The van der Waals surface area contributed by atoms with Crippen molar-refractivity contribution < 1.29 is 17.9 Å². The summed E-state index contributed by atoms with van der Waals surface area (Å²) in [6.45, 7) is 7.39. The third kappa shape index (κ3) is 5.41. The van der Waals surface area contributed by atoms with Crippen molar-refractivity contribution in [3.8, 4) is 0 Å². The van der Waals surface area contributed by atoms with Crippen molar-refractivity contribution in [2.45, 2.75) is 45.2 Å². The molecule has 5 nitrogen and oxygen atoms in total. The number of rotatable bonds is 6. The molecule has 2 aromatic rings. The van der Waals surface area contributed by atoms with E-state index in [1.807, 2.05) is 39.0 Å². The van der Waals surface area contributed by atoms with Crippen molar-refractivity contribution in [3.63, 3.8) is 0 Å². The quantitative estimate of drug-likeness (QED) is 0.803. The van der Waals surface area contributed by atoms with E-state index >= 15 is 0 Å². The van der Waals surface area contributed by atoms with E-state index in [0.717, 1.165) is 22.3 Å². The van der Waals surface area contributed by atoms with Crippen LogP contribution in [0.3, 0.4) is 0 Å². The van der Waals surface area contributed by atoms with E-state index in [1.165, 1.54) is 19.1 Å². The van der Waals surface area contributed by atoms with Gasteiger partial charge in [0.25, 0.3) is 0 Å². The minimum atomic E-state index is -3.77. The highest BCUT2D eigenvalue weighted by Crippen LogP contribution is 2.12. The average Bonchev–Trinajstić information content (AvgIpc) is 2.51. The summed E-state index contributed by atoms with van der Waals surface area (Å²) >= 11 is 0. The van der Waals surface area contributed by atoms with Gasteiger partial charge in [0.05, 0.1) is 4.90 Å². The Morgan fingerprint density at radius 1 is 1.00 bits per heavy atom. The molecule has 2 rings (SSSR count). The van der Waals surface area contributed by atoms with E-state index in [2.05, 4.69) is 4.72 Å². The van der Waals surface area contributed by atoms with Crippen molar-refractivity contribution in [2.75, 3.05) is 0 Å². The van der Waals surface area contributed by atoms with Gasteiger partial charge in [-0.3, -0.25) is 4.79 Å². The molecule has 6 heteroatoms. The van der Waals surface area contributed by atoms with Crippen LogP contribution in [0, 0.1) is 20.8 Å². The molecule has 0 heterocycles. The van der Waals surface area contributed by atoms with Gasteiger partial charge in [-0.15, -0.1) is 0 Å². The van der Waals surface area contributed by atoms with Gasteiger partial charge >= 0.3 is 5.97 Å². The number of benzene rings is 2. The molecule has 25 heavy (non-hydrogen) atoms. The van der Waals surface area contributed by atoms with Gasteiger partial charge in [-0.2, -0.15) is 4.72 Å². The Balaban J connectivity index is 1.98. The number of hydrogen-bond acceptors (Lipinski definition) is 4. The summed E-state index contributed by atoms with van der Waals surface area (Å²) in [5, 5.41) is 0. The van der Waals surface area contributed by atoms with Gasteiger partial charge in [-0.25, -0.2) is 8.42 Å². The van der Waals surface area contributed by atoms with Gasteiger partial charge in [-0.05, 0) is 45.4 Å². The van der Waals surface area contributed by atoms with Crippen LogP contribution in [0.1, 0.15) is 29.2 Å². The average molecular weight is 361 g/mol. The van der Waals surface area contributed by atoms with Crippen molar-refractivity contribution >= 4 is 16.0 Å². The molecular weight excluding hydrogens is 338 g/mol. The van der Waals surface area contributed by atoms with Crippen LogP contribution in [-0.2, 0) is 26.2 Å². The SMILES string of the molecule is Cc1ccc(S(=O)(=O)N[C@@H](C)C(=O)OCc2cc(C)cc(C)c2)cc1. The Kier molecular flexibility index (Phi) is 5.98. The second kappa shape index (κ2) is 7.80. The van der Waals surface area contributed by atoms with Crippen LogP contribution in [0.2, 0.25) is 0 Å². The van der Waals surface area contributed by atoms with Gasteiger partial charge in [0.15, 0.2) is 0 Å². The fourth-order valence-electron chi connectivity index (χ4n) is 2.50. The molecule has 2 aromatic carbocycles. The van der Waals surface area contributed by atoms with Crippen LogP contribution >= 0.6 is 0 Å². The number of ether oxygens (including phenoxy) is 1. The predicted molar refractivity (Wildman–Crippen MR) is 96.7 cm³/mol. The number of carbonyl (C=O) groups excluding carboxylic acids is 1. The van der Waals surface area contributed by atoms with Gasteiger partial charge in [0.1, 0.15) is 12.6 Å². The zero-order chi connectivity index (χ0) is 18.6. The summed E-state index contributed by atoms with van der Waals surface area (Å²) in [4.78, 5) is 12.2. The smallest absolute Gasteiger partial charge is 0.324 e. The number of sulfonamides is 1. The molecule has 0 saturated carbocycles. The lowest BCUT2D eigenvalue weighted by Gasteiger charge is -2.14. The highest BCUT2D eigenvalue weighted by atomic mass is 32.2. The Hall–Kier alpha value is -2.18. The van der Waals surface area contributed by atoms with E-state index in [0.29, 0.717) is 0 Å². The molecule has 1 atom stereocenters. The third-order valence-corrected chi connectivity index (χ3v) is 5.24. The molecule has 0 aliphatic heterocycles. The maximum absolute atomic E-state index is 12.3. The molecule has 0 bridgehead atoms. The first kappa shape index (κ1) is 19.1. The second-order valence-electron chi connectivity index (χ2n) is 6.26. The number of nitrogens with one attached hydrogen (secondary N) is 1. The summed E-state index contributed by atoms with van der Waals surface area (Å²) < 4.78 is 32.2. The molecule has 0 spiro atoms. The minimum absolute atomic E-state index is 0.109. The summed E-state index contributed by atoms with van der Waals surface area (Å²) in [5.41, 5.74) is 4.00. The van der Waals surface area contributed by atoms with Crippen molar-refractivity contribution in [3.05, 3.63) is 64.7 Å². The lowest BCUT2D eigenvalue weighted by Crippen LogP contribution is -2.39. The topological polar surface area (TPSA) is 72.5 Å². The lowest BCUT2D eigenvalue weighted by molar-refractivity contribution is -0.146. The fraction of sp³-hybridized carbons (Fsp3) is 0.316. The molecule has 0 unspecified atom stereocenters. The number of esters is 1.